The molecule has 2 aromatic carbocycles. The fraction of sp³-hybridized carbons (Fsp3) is 0.167. The molecule has 0 bridgehead atoms. The van der Waals surface area contributed by atoms with Gasteiger partial charge in [-0.25, -0.2) is 4.98 Å². The monoisotopic (exact) mass is 463 g/mol. The SMILES string of the molecule is CC(=O)NCc1ccc(C(=O)CSc2nc3ccccc3c(=O)n2Cc2ccccc2)s1. The highest BCUT2D eigenvalue weighted by molar-refractivity contribution is 7.99. The maximum absolute atomic E-state index is 13.2. The molecule has 0 fully saturated rings. The van der Waals surface area contributed by atoms with E-state index in [1.807, 2.05) is 54.6 Å². The van der Waals surface area contributed by atoms with Crippen LogP contribution >= 0.6 is 23.1 Å². The molecule has 0 aliphatic heterocycles. The summed E-state index contributed by atoms with van der Waals surface area (Å²) in [6.45, 7) is 2.25. The average Bonchev–Trinajstić information content (AvgIpc) is 3.28. The van der Waals surface area contributed by atoms with E-state index < -0.39 is 0 Å². The van der Waals surface area contributed by atoms with E-state index in [0.29, 0.717) is 34.0 Å². The molecule has 0 unspecified atom stereocenters. The van der Waals surface area contributed by atoms with Gasteiger partial charge < -0.3 is 5.32 Å². The number of carbonyl (C=O) groups excluding carboxylic acids is 2. The van der Waals surface area contributed by atoms with Crippen molar-refractivity contribution < 1.29 is 9.59 Å². The lowest BCUT2D eigenvalue weighted by Crippen LogP contribution is -2.24. The highest BCUT2D eigenvalue weighted by Gasteiger charge is 2.16. The highest BCUT2D eigenvalue weighted by atomic mass is 32.2. The molecule has 2 heterocycles. The molecule has 1 N–H and O–H groups in total. The van der Waals surface area contributed by atoms with Crippen molar-refractivity contribution in [2.75, 3.05) is 5.75 Å². The second-order valence-corrected chi connectivity index (χ2v) is 9.29. The Morgan fingerprint density at radius 1 is 1.03 bits per heavy atom. The summed E-state index contributed by atoms with van der Waals surface area (Å²) in [5.41, 5.74) is 1.48. The fourth-order valence-electron chi connectivity index (χ4n) is 3.20. The van der Waals surface area contributed by atoms with Gasteiger partial charge in [-0.15, -0.1) is 11.3 Å². The van der Waals surface area contributed by atoms with E-state index in [9.17, 15) is 14.4 Å². The minimum absolute atomic E-state index is 0.0391. The predicted octanol–water partition coefficient (Wildman–Crippen LogP) is 4.12. The second-order valence-electron chi connectivity index (χ2n) is 7.18. The topological polar surface area (TPSA) is 81.1 Å². The quantitative estimate of drug-likeness (QED) is 0.242. The summed E-state index contributed by atoms with van der Waals surface area (Å²) in [5, 5.41) is 3.80. The first-order valence-electron chi connectivity index (χ1n) is 10.0. The van der Waals surface area contributed by atoms with Gasteiger partial charge in [-0.05, 0) is 29.8 Å². The molecule has 32 heavy (non-hydrogen) atoms. The number of nitrogens with zero attached hydrogens (tertiary/aromatic N) is 2. The van der Waals surface area contributed by atoms with Gasteiger partial charge in [-0.1, -0.05) is 54.2 Å². The zero-order valence-corrected chi connectivity index (χ0v) is 19.0. The van der Waals surface area contributed by atoms with Crippen molar-refractivity contribution in [1.29, 1.82) is 0 Å². The van der Waals surface area contributed by atoms with Crippen LogP contribution in [0, 0.1) is 0 Å². The number of Topliss-reactive ketones (excluding diaryl/α,β-unsaturated/α-hetero) is 1. The summed E-state index contributed by atoms with van der Waals surface area (Å²) in [6, 6.07) is 20.6. The van der Waals surface area contributed by atoms with Crippen LogP contribution in [-0.4, -0.2) is 27.0 Å². The van der Waals surface area contributed by atoms with E-state index in [1.54, 1.807) is 16.7 Å². The van der Waals surface area contributed by atoms with Crippen LogP contribution in [-0.2, 0) is 17.9 Å². The lowest BCUT2D eigenvalue weighted by molar-refractivity contribution is -0.119. The third-order valence-corrected chi connectivity index (χ3v) is 6.89. The van der Waals surface area contributed by atoms with E-state index in [0.717, 1.165) is 10.4 Å². The summed E-state index contributed by atoms with van der Waals surface area (Å²) in [7, 11) is 0. The minimum Gasteiger partial charge on any atom is -0.351 e. The van der Waals surface area contributed by atoms with Crippen molar-refractivity contribution in [3.05, 3.63) is 92.4 Å². The van der Waals surface area contributed by atoms with Crippen LogP contribution in [0.1, 0.15) is 27.0 Å². The van der Waals surface area contributed by atoms with Gasteiger partial charge in [0.1, 0.15) is 0 Å². The Bertz CT molecular complexity index is 1330. The van der Waals surface area contributed by atoms with Gasteiger partial charge in [0.25, 0.3) is 5.56 Å². The molecule has 0 aliphatic carbocycles. The Hall–Kier alpha value is -3.23. The van der Waals surface area contributed by atoms with Gasteiger partial charge in [0.15, 0.2) is 10.9 Å². The number of rotatable bonds is 8. The molecule has 6 nitrogen and oxygen atoms in total. The van der Waals surface area contributed by atoms with E-state index >= 15 is 0 Å². The molecule has 0 atom stereocenters. The van der Waals surface area contributed by atoms with Gasteiger partial charge in [-0.3, -0.25) is 19.0 Å². The molecule has 2 aromatic heterocycles. The summed E-state index contributed by atoms with van der Waals surface area (Å²) in [6.07, 6.45) is 0. The molecule has 4 aromatic rings. The van der Waals surface area contributed by atoms with Gasteiger partial charge in [0.2, 0.25) is 5.91 Å². The molecule has 0 aliphatic rings. The molecule has 0 saturated heterocycles. The van der Waals surface area contributed by atoms with E-state index in [1.165, 1.54) is 30.0 Å². The molecule has 0 saturated carbocycles. The number of para-hydroxylation sites is 1. The Balaban J connectivity index is 1.58. The Morgan fingerprint density at radius 2 is 1.78 bits per heavy atom. The summed E-state index contributed by atoms with van der Waals surface area (Å²) in [4.78, 5) is 43.3. The number of hydrogen-bond acceptors (Lipinski definition) is 6. The van der Waals surface area contributed by atoms with Crippen molar-refractivity contribution in [2.45, 2.75) is 25.2 Å². The van der Waals surface area contributed by atoms with Crippen molar-refractivity contribution in [3.8, 4) is 0 Å². The average molecular weight is 464 g/mol. The third-order valence-electron chi connectivity index (χ3n) is 4.79. The number of benzene rings is 2. The van der Waals surface area contributed by atoms with Crippen LogP contribution in [0.4, 0.5) is 0 Å². The molecular weight excluding hydrogens is 442 g/mol. The van der Waals surface area contributed by atoms with E-state index in [2.05, 4.69) is 10.3 Å². The van der Waals surface area contributed by atoms with Crippen molar-refractivity contribution in [2.24, 2.45) is 0 Å². The number of ketones is 1. The van der Waals surface area contributed by atoms with Crippen LogP contribution in [0.3, 0.4) is 0 Å². The van der Waals surface area contributed by atoms with Gasteiger partial charge in [0.05, 0.1) is 34.6 Å². The molecule has 8 heteroatoms. The number of thiophene rings is 1. The zero-order valence-electron chi connectivity index (χ0n) is 17.4. The number of thioether (sulfide) groups is 1. The van der Waals surface area contributed by atoms with Crippen LogP contribution in [0.15, 0.2) is 76.7 Å². The fourth-order valence-corrected chi connectivity index (χ4v) is 5.06. The lowest BCUT2D eigenvalue weighted by Gasteiger charge is -2.13. The maximum Gasteiger partial charge on any atom is 0.262 e. The van der Waals surface area contributed by atoms with Crippen molar-refractivity contribution >= 4 is 45.7 Å². The van der Waals surface area contributed by atoms with E-state index in [4.69, 9.17) is 0 Å². The zero-order chi connectivity index (χ0) is 22.5. The number of carbonyl (C=O) groups is 2. The predicted molar refractivity (Wildman–Crippen MR) is 128 cm³/mol. The van der Waals surface area contributed by atoms with Crippen molar-refractivity contribution in [1.82, 2.24) is 14.9 Å². The minimum atomic E-state index is -0.122. The number of nitrogens with one attached hydrogen (secondary N) is 1. The smallest absolute Gasteiger partial charge is 0.262 e. The van der Waals surface area contributed by atoms with E-state index in [-0.39, 0.29) is 23.0 Å². The molecule has 0 radical (unpaired) electrons. The maximum atomic E-state index is 13.2. The number of fused-ring (bicyclic) bond motifs is 1. The summed E-state index contributed by atoms with van der Waals surface area (Å²) < 4.78 is 1.63. The number of hydrogen-bond donors (Lipinski definition) is 1. The highest BCUT2D eigenvalue weighted by Crippen LogP contribution is 2.23. The van der Waals surface area contributed by atoms with Gasteiger partial charge in [0, 0.05) is 11.8 Å². The summed E-state index contributed by atoms with van der Waals surface area (Å²) >= 11 is 2.63. The molecule has 0 spiro atoms. The lowest BCUT2D eigenvalue weighted by atomic mass is 10.2. The van der Waals surface area contributed by atoms with Crippen molar-refractivity contribution in [3.63, 3.8) is 0 Å². The summed E-state index contributed by atoms with van der Waals surface area (Å²) in [5.74, 6) is 0.0166. The number of aromatic nitrogens is 2. The largest absolute Gasteiger partial charge is 0.351 e. The first kappa shape index (κ1) is 22.0. The Labute approximate surface area is 193 Å². The van der Waals surface area contributed by atoms with Gasteiger partial charge in [-0.2, -0.15) is 0 Å². The van der Waals surface area contributed by atoms with Crippen LogP contribution in [0.25, 0.3) is 10.9 Å². The molecule has 162 valence electrons. The first-order valence-corrected chi connectivity index (χ1v) is 11.8. The van der Waals surface area contributed by atoms with Crippen LogP contribution < -0.4 is 10.9 Å². The Kier molecular flexibility index (Phi) is 6.82. The molecule has 1 amide bonds. The number of amides is 1. The second kappa shape index (κ2) is 9.93. The molecule has 4 rings (SSSR count). The normalized spacial score (nSPS) is 10.9. The molecular formula is C24H21N3O3S2. The first-order chi connectivity index (χ1) is 15.5. The van der Waals surface area contributed by atoms with Gasteiger partial charge >= 0.3 is 0 Å². The standard InChI is InChI=1S/C24H21N3O3S2/c1-16(28)25-13-18-11-12-22(32-18)21(29)15-31-24-26-20-10-6-5-9-19(20)23(30)27(24)14-17-7-3-2-4-8-17/h2-12H,13-15H2,1H3,(H,25,28). The van der Waals surface area contributed by atoms with Crippen LogP contribution in [0.2, 0.25) is 0 Å². The van der Waals surface area contributed by atoms with Crippen LogP contribution in [0.5, 0.6) is 0 Å². The third kappa shape index (κ3) is 5.15. The Morgan fingerprint density at radius 3 is 2.56 bits per heavy atom.